The smallest absolute Gasteiger partial charge is 0.151 e. The lowest BCUT2D eigenvalue weighted by Crippen LogP contribution is -2.28. The minimum atomic E-state index is -1.27. The van der Waals surface area contributed by atoms with E-state index in [-0.39, 0.29) is 0 Å². The summed E-state index contributed by atoms with van der Waals surface area (Å²) >= 11 is 0. The van der Waals surface area contributed by atoms with Crippen molar-refractivity contribution < 1.29 is 9.90 Å². The first-order valence-electron chi connectivity index (χ1n) is 4.47. The van der Waals surface area contributed by atoms with Crippen molar-refractivity contribution in [1.82, 2.24) is 0 Å². The standard InChI is InChI=1S/C12H14O2/c1-3-10-4-6-11(7-5-10)8-12(2,14)9-13/h3-7,9,14H,1,8H2,2H3. The van der Waals surface area contributed by atoms with Gasteiger partial charge in [-0.1, -0.05) is 36.9 Å². The van der Waals surface area contributed by atoms with Crippen molar-refractivity contribution in [2.75, 3.05) is 0 Å². The molecule has 0 aliphatic carbocycles. The topological polar surface area (TPSA) is 37.3 Å². The highest BCUT2D eigenvalue weighted by molar-refractivity contribution is 5.62. The molecule has 1 aromatic rings. The lowest BCUT2D eigenvalue weighted by molar-refractivity contribution is -0.122. The van der Waals surface area contributed by atoms with E-state index in [1.807, 2.05) is 24.3 Å². The van der Waals surface area contributed by atoms with Crippen LogP contribution in [-0.2, 0) is 11.2 Å². The zero-order valence-corrected chi connectivity index (χ0v) is 8.23. The molecule has 1 atom stereocenters. The minimum Gasteiger partial charge on any atom is -0.382 e. The van der Waals surface area contributed by atoms with E-state index in [1.165, 1.54) is 6.92 Å². The number of hydrogen-bond acceptors (Lipinski definition) is 2. The van der Waals surface area contributed by atoms with E-state index in [4.69, 9.17) is 0 Å². The van der Waals surface area contributed by atoms with Crippen LogP contribution in [0, 0.1) is 0 Å². The molecule has 1 rings (SSSR count). The van der Waals surface area contributed by atoms with Gasteiger partial charge in [0, 0.05) is 6.42 Å². The molecule has 0 fully saturated rings. The van der Waals surface area contributed by atoms with Gasteiger partial charge in [-0.25, -0.2) is 0 Å². The van der Waals surface area contributed by atoms with E-state index in [9.17, 15) is 9.90 Å². The van der Waals surface area contributed by atoms with Crippen LogP contribution in [0.1, 0.15) is 18.1 Å². The Morgan fingerprint density at radius 1 is 1.43 bits per heavy atom. The third-order valence-corrected chi connectivity index (χ3v) is 2.03. The zero-order valence-electron chi connectivity index (χ0n) is 8.23. The van der Waals surface area contributed by atoms with Gasteiger partial charge in [0.1, 0.15) is 5.60 Å². The average molecular weight is 190 g/mol. The zero-order chi connectivity index (χ0) is 10.6. The van der Waals surface area contributed by atoms with Gasteiger partial charge in [0.15, 0.2) is 6.29 Å². The molecule has 0 aromatic heterocycles. The van der Waals surface area contributed by atoms with Gasteiger partial charge >= 0.3 is 0 Å². The fourth-order valence-corrected chi connectivity index (χ4v) is 1.23. The average Bonchev–Trinajstić information content (AvgIpc) is 2.19. The van der Waals surface area contributed by atoms with Gasteiger partial charge in [-0.15, -0.1) is 0 Å². The fourth-order valence-electron chi connectivity index (χ4n) is 1.23. The van der Waals surface area contributed by atoms with Gasteiger partial charge < -0.3 is 9.90 Å². The Balaban J connectivity index is 2.78. The van der Waals surface area contributed by atoms with Crippen LogP contribution in [0.4, 0.5) is 0 Å². The highest BCUT2D eigenvalue weighted by atomic mass is 16.3. The molecule has 0 heterocycles. The van der Waals surface area contributed by atoms with E-state index < -0.39 is 5.60 Å². The monoisotopic (exact) mass is 190 g/mol. The molecular weight excluding hydrogens is 176 g/mol. The van der Waals surface area contributed by atoms with Crippen LogP contribution in [0.3, 0.4) is 0 Å². The first-order valence-corrected chi connectivity index (χ1v) is 4.47. The highest BCUT2D eigenvalue weighted by Crippen LogP contribution is 2.12. The molecule has 0 saturated carbocycles. The van der Waals surface area contributed by atoms with E-state index in [0.29, 0.717) is 12.7 Å². The van der Waals surface area contributed by atoms with E-state index in [2.05, 4.69) is 6.58 Å². The Labute approximate surface area is 83.9 Å². The highest BCUT2D eigenvalue weighted by Gasteiger charge is 2.19. The van der Waals surface area contributed by atoms with Crippen molar-refractivity contribution in [1.29, 1.82) is 0 Å². The van der Waals surface area contributed by atoms with Crippen molar-refractivity contribution in [2.45, 2.75) is 18.9 Å². The van der Waals surface area contributed by atoms with Crippen LogP contribution in [0.15, 0.2) is 30.8 Å². The van der Waals surface area contributed by atoms with Gasteiger partial charge in [-0.2, -0.15) is 0 Å². The Bertz CT molecular complexity index is 323. The SMILES string of the molecule is C=Cc1ccc(CC(C)(O)C=O)cc1. The fraction of sp³-hybridized carbons (Fsp3) is 0.250. The van der Waals surface area contributed by atoms with Crippen molar-refractivity contribution in [3.05, 3.63) is 42.0 Å². The van der Waals surface area contributed by atoms with Crippen LogP contribution >= 0.6 is 0 Å². The lowest BCUT2D eigenvalue weighted by Gasteiger charge is -2.15. The molecule has 2 nitrogen and oxygen atoms in total. The summed E-state index contributed by atoms with van der Waals surface area (Å²) in [7, 11) is 0. The first-order chi connectivity index (χ1) is 6.57. The molecule has 0 amide bonds. The molecule has 74 valence electrons. The number of rotatable bonds is 4. The molecule has 0 radical (unpaired) electrons. The van der Waals surface area contributed by atoms with Crippen LogP contribution in [0.5, 0.6) is 0 Å². The predicted molar refractivity (Wildman–Crippen MR) is 56.9 cm³/mol. The summed E-state index contributed by atoms with van der Waals surface area (Å²) in [5.74, 6) is 0. The minimum absolute atomic E-state index is 0.341. The van der Waals surface area contributed by atoms with Gasteiger partial charge in [0.05, 0.1) is 0 Å². The molecule has 2 heteroatoms. The van der Waals surface area contributed by atoms with Crippen LogP contribution in [0.2, 0.25) is 0 Å². The summed E-state index contributed by atoms with van der Waals surface area (Å²) in [5.41, 5.74) is 0.697. The Hall–Kier alpha value is -1.41. The summed E-state index contributed by atoms with van der Waals surface area (Å²) in [6.07, 6.45) is 2.66. The third-order valence-electron chi connectivity index (χ3n) is 2.03. The number of aliphatic hydroxyl groups is 1. The maximum absolute atomic E-state index is 10.5. The number of carbonyl (C=O) groups is 1. The Morgan fingerprint density at radius 2 is 2.00 bits per heavy atom. The lowest BCUT2D eigenvalue weighted by atomic mass is 9.97. The molecule has 0 saturated heterocycles. The Morgan fingerprint density at radius 3 is 2.43 bits per heavy atom. The number of aldehydes is 1. The summed E-state index contributed by atoms with van der Waals surface area (Å²) < 4.78 is 0. The molecule has 0 aliphatic rings. The van der Waals surface area contributed by atoms with E-state index >= 15 is 0 Å². The molecule has 1 N–H and O–H groups in total. The van der Waals surface area contributed by atoms with Gasteiger partial charge in [0.25, 0.3) is 0 Å². The molecule has 0 aliphatic heterocycles. The molecular formula is C12H14O2. The van der Waals surface area contributed by atoms with Gasteiger partial charge in [0.2, 0.25) is 0 Å². The predicted octanol–water partition coefficient (Wildman–Crippen LogP) is 1.82. The van der Waals surface area contributed by atoms with Crippen LogP contribution < -0.4 is 0 Å². The Kier molecular flexibility index (Phi) is 3.20. The summed E-state index contributed by atoms with van der Waals surface area (Å²) in [6.45, 7) is 5.15. The van der Waals surface area contributed by atoms with Crippen LogP contribution in [-0.4, -0.2) is 17.0 Å². The quantitative estimate of drug-likeness (QED) is 0.735. The maximum atomic E-state index is 10.5. The van der Waals surface area contributed by atoms with Crippen LogP contribution in [0.25, 0.3) is 6.08 Å². The maximum Gasteiger partial charge on any atom is 0.151 e. The first kappa shape index (κ1) is 10.7. The number of carbonyl (C=O) groups excluding carboxylic acids is 1. The van der Waals surface area contributed by atoms with Gasteiger partial charge in [-0.3, -0.25) is 0 Å². The van der Waals surface area contributed by atoms with Crippen molar-refractivity contribution >= 4 is 12.4 Å². The second-order valence-corrected chi connectivity index (χ2v) is 3.60. The summed E-state index contributed by atoms with van der Waals surface area (Å²) in [5, 5.41) is 9.51. The second kappa shape index (κ2) is 4.20. The van der Waals surface area contributed by atoms with E-state index in [0.717, 1.165) is 11.1 Å². The van der Waals surface area contributed by atoms with Crippen molar-refractivity contribution in [3.8, 4) is 0 Å². The van der Waals surface area contributed by atoms with Crippen molar-refractivity contribution in [3.63, 3.8) is 0 Å². The summed E-state index contributed by atoms with van der Waals surface area (Å²) in [4.78, 5) is 10.5. The molecule has 0 bridgehead atoms. The van der Waals surface area contributed by atoms with Gasteiger partial charge in [-0.05, 0) is 18.1 Å². The van der Waals surface area contributed by atoms with Crippen molar-refractivity contribution in [2.24, 2.45) is 0 Å². The summed E-state index contributed by atoms with van der Waals surface area (Å²) in [6, 6.07) is 7.58. The molecule has 1 unspecified atom stereocenters. The number of benzene rings is 1. The number of hydrogen-bond donors (Lipinski definition) is 1. The third kappa shape index (κ3) is 2.82. The normalized spacial score (nSPS) is 14.4. The molecule has 14 heavy (non-hydrogen) atoms. The second-order valence-electron chi connectivity index (χ2n) is 3.60. The molecule has 1 aromatic carbocycles. The largest absolute Gasteiger partial charge is 0.382 e. The van der Waals surface area contributed by atoms with E-state index in [1.54, 1.807) is 6.08 Å². The molecule has 0 spiro atoms.